The number of nitrogens with zero attached hydrogens (tertiary/aromatic N) is 3. The zero-order valence-electron chi connectivity index (χ0n) is 10.9. The topological polar surface area (TPSA) is 52.2 Å². The maximum absolute atomic E-state index is 11.6. The Labute approximate surface area is 107 Å². The molecule has 5 nitrogen and oxygen atoms in total. The Morgan fingerprint density at radius 1 is 1.33 bits per heavy atom. The summed E-state index contributed by atoms with van der Waals surface area (Å²) >= 11 is 0. The van der Waals surface area contributed by atoms with Crippen LogP contribution in [0.1, 0.15) is 25.6 Å². The Morgan fingerprint density at radius 3 is 2.67 bits per heavy atom. The summed E-state index contributed by atoms with van der Waals surface area (Å²) in [6.45, 7) is 6.17. The van der Waals surface area contributed by atoms with Crippen LogP contribution >= 0.6 is 0 Å². The molecule has 1 aromatic heterocycles. The fourth-order valence-corrected chi connectivity index (χ4v) is 2.58. The number of aromatic nitrogens is 2. The van der Waals surface area contributed by atoms with Gasteiger partial charge in [-0.3, -0.25) is 9.69 Å². The van der Waals surface area contributed by atoms with Crippen LogP contribution in [0, 0.1) is 0 Å². The van der Waals surface area contributed by atoms with Crippen LogP contribution in [0.15, 0.2) is 10.9 Å². The number of rotatable bonds is 3. The largest absolute Gasteiger partial charge is 0.354 e. The van der Waals surface area contributed by atoms with Crippen LogP contribution in [0.3, 0.4) is 0 Å². The first-order valence-corrected chi connectivity index (χ1v) is 6.85. The van der Waals surface area contributed by atoms with Gasteiger partial charge in [0.15, 0.2) is 0 Å². The Balaban J connectivity index is 1.71. The molecule has 18 heavy (non-hydrogen) atoms. The second-order valence-corrected chi connectivity index (χ2v) is 5.16. The molecule has 0 amide bonds. The summed E-state index contributed by atoms with van der Waals surface area (Å²) < 4.78 is 0. The standard InChI is InChI=1S/C13H20N4O/c1-2-11-14-12(9-13(18)15-11)17-7-5-16(6-8-17)10-3-4-10/h9-10H,2-8H2,1H3,(H,14,15,18). The van der Waals surface area contributed by atoms with E-state index < -0.39 is 0 Å². The molecule has 0 radical (unpaired) electrons. The molecule has 0 atom stereocenters. The molecule has 2 aliphatic rings. The van der Waals surface area contributed by atoms with Gasteiger partial charge in [-0.25, -0.2) is 4.98 Å². The molecule has 0 aromatic carbocycles. The molecule has 1 saturated heterocycles. The number of nitrogens with one attached hydrogen (secondary N) is 1. The van der Waals surface area contributed by atoms with E-state index in [2.05, 4.69) is 19.8 Å². The van der Waals surface area contributed by atoms with Gasteiger partial charge in [-0.15, -0.1) is 0 Å². The normalized spacial score (nSPS) is 21.3. The summed E-state index contributed by atoms with van der Waals surface area (Å²) in [6.07, 6.45) is 3.50. The highest BCUT2D eigenvalue weighted by atomic mass is 16.1. The van der Waals surface area contributed by atoms with Gasteiger partial charge < -0.3 is 9.88 Å². The van der Waals surface area contributed by atoms with E-state index in [-0.39, 0.29) is 5.56 Å². The van der Waals surface area contributed by atoms with E-state index in [4.69, 9.17) is 0 Å². The smallest absolute Gasteiger partial charge is 0.252 e. The molecule has 2 heterocycles. The van der Waals surface area contributed by atoms with Gasteiger partial charge in [0, 0.05) is 44.7 Å². The Kier molecular flexibility index (Phi) is 3.07. The number of H-pyrrole nitrogens is 1. The van der Waals surface area contributed by atoms with Crippen molar-refractivity contribution >= 4 is 5.82 Å². The van der Waals surface area contributed by atoms with E-state index in [9.17, 15) is 4.79 Å². The Morgan fingerprint density at radius 2 is 2.06 bits per heavy atom. The molecule has 0 bridgehead atoms. The highest BCUT2D eigenvalue weighted by molar-refractivity contribution is 5.38. The molecule has 1 aliphatic heterocycles. The van der Waals surface area contributed by atoms with Crippen molar-refractivity contribution in [2.75, 3.05) is 31.1 Å². The van der Waals surface area contributed by atoms with Crippen molar-refractivity contribution in [3.63, 3.8) is 0 Å². The van der Waals surface area contributed by atoms with E-state index in [0.29, 0.717) is 0 Å². The first-order valence-electron chi connectivity index (χ1n) is 6.85. The summed E-state index contributed by atoms with van der Waals surface area (Å²) in [5.74, 6) is 1.62. The van der Waals surface area contributed by atoms with Crippen LogP contribution < -0.4 is 10.5 Å². The predicted octanol–water partition coefficient (Wildman–Crippen LogP) is 0.617. The first kappa shape index (κ1) is 11.7. The molecular formula is C13H20N4O. The zero-order chi connectivity index (χ0) is 12.5. The van der Waals surface area contributed by atoms with Crippen molar-refractivity contribution < 1.29 is 0 Å². The van der Waals surface area contributed by atoms with Crippen LogP contribution in [0.2, 0.25) is 0 Å². The van der Waals surface area contributed by atoms with Crippen LogP contribution in [0.5, 0.6) is 0 Å². The van der Waals surface area contributed by atoms with Gasteiger partial charge in [-0.1, -0.05) is 6.92 Å². The number of hydrogen-bond donors (Lipinski definition) is 1. The van der Waals surface area contributed by atoms with Crippen molar-refractivity contribution in [3.05, 3.63) is 22.2 Å². The quantitative estimate of drug-likeness (QED) is 0.852. The van der Waals surface area contributed by atoms with Crippen LogP contribution in [-0.4, -0.2) is 47.1 Å². The SMILES string of the molecule is CCc1nc(N2CCN(C3CC3)CC2)cc(=O)[nH]1. The van der Waals surface area contributed by atoms with Crippen LogP contribution in [-0.2, 0) is 6.42 Å². The summed E-state index contributed by atoms with van der Waals surface area (Å²) in [6, 6.07) is 2.46. The van der Waals surface area contributed by atoms with Crippen molar-refractivity contribution in [1.82, 2.24) is 14.9 Å². The van der Waals surface area contributed by atoms with Crippen LogP contribution in [0.4, 0.5) is 5.82 Å². The summed E-state index contributed by atoms with van der Waals surface area (Å²) in [7, 11) is 0. The number of aryl methyl sites for hydroxylation is 1. The number of piperazine rings is 1. The van der Waals surface area contributed by atoms with Gasteiger partial charge in [-0.2, -0.15) is 0 Å². The van der Waals surface area contributed by atoms with Gasteiger partial charge in [0.05, 0.1) is 0 Å². The maximum atomic E-state index is 11.6. The minimum absolute atomic E-state index is 0.0403. The average molecular weight is 248 g/mol. The Bertz CT molecular complexity index is 472. The van der Waals surface area contributed by atoms with Crippen molar-refractivity contribution in [2.45, 2.75) is 32.2 Å². The number of anilines is 1. The molecule has 98 valence electrons. The summed E-state index contributed by atoms with van der Waals surface area (Å²) in [4.78, 5) is 23.6. The zero-order valence-corrected chi connectivity index (χ0v) is 10.9. The van der Waals surface area contributed by atoms with Crippen molar-refractivity contribution in [2.24, 2.45) is 0 Å². The maximum Gasteiger partial charge on any atom is 0.252 e. The van der Waals surface area contributed by atoms with E-state index in [0.717, 1.165) is 50.3 Å². The number of hydrogen-bond acceptors (Lipinski definition) is 4. The second-order valence-electron chi connectivity index (χ2n) is 5.16. The van der Waals surface area contributed by atoms with Gasteiger partial charge in [0.2, 0.25) is 0 Å². The molecule has 3 rings (SSSR count). The van der Waals surface area contributed by atoms with Crippen LogP contribution in [0.25, 0.3) is 0 Å². The predicted molar refractivity (Wildman–Crippen MR) is 71.0 cm³/mol. The minimum atomic E-state index is -0.0403. The van der Waals surface area contributed by atoms with E-state index >= 15 is 0 Å². The molecule has 1 aliphatic carbocycles. The molecule has 0 spiro atoms. The van der Waals surface area contributed by atoms with Gasteiger partial charge in [0.1, 0.15) is 11.6 Å². The third-order valence-electron chi connectivity index (χ3n) is 3.81. The minimum Gasteiger partial charge on any atom is -0.354 e. The monoisotopic (exact) mass is 248 g/mol. The fourth-order valence-electron chi connectivity index (χ4n) is 2.58. The van der Waals surface area contributed by atoms with E-state index in [1.54, 1.807) is 6.07 Å². The molecule has 2 fully saturated rings. The molecule has 1 N–H and O–H groups in total. The summed E-state index contributed by atoms with van der Waals surface area (Å²) in [5.41, 5.74) is -0.0403. The average Bonchev–Trinajstić information content (AvgIpc) is 3.22. The first-order chi connectivity index (χ1) is 8.76. The second kappa shape index (κ2) is 4.72. The molecule has 1 saturated carbocycles. The molecule has 1 aromatic rings. The fraction of sp³-hybridized carbons (Fsp3) is 0.692. The molecule has 0 unspecified atom stereocenters. The van der Waals surface area contributed by atoms with E-state index in [1.165, 1.54) is 12.8 Å². The highest BCUT2D eigenvalue weighted by Gasteiger charge is 2.31. The lowest BCUT2D eigenvalue weighted by atomic mass is 10.3. The van der Waals surface area contributed by atoms with E-state index in [1.807, 2.05) is 6.92 Å². The van der Waals surface area contributed by atoms with Crippen molar-refractivity contribution in [3.8, 4) is 0 Å². The third kappa shape index (κ3) is 2.41. The van der Waals surface area contributed by atoms with Gasteiger partial charge in [-0.05, 0) is 12.8 Å². The summed E-state index contributed by atoms with van der Waals surface area (Å²) in [5, 5.41) is 0. The lowest BCUT2D eigenvalue weighted by Crippen LogP contribution is -2.47. The lowest BCUT2D eigenvalue weighted by molar-refractivity contribution is 0.247. The molecule has 5 heteroatoms. The number of aromatic amines is 1. The highest BCUT2D eigenvalue weighted by Crippen LogP contribution is 2.27. The lowest BCUT2D eigenvalue weighted by Gasteiger charge is -2.35. The van der Waals surface area contributed by atoms with Gasteiger partial charge in [0.25, 0.3) is 5.56 Å². The molecular weight excluding hydrogens is 228 g/mol. The van der Waals surface area contributed by atoms with Crippen molar-refractivity contribution in [1.29, 1.82) is 0 Å². The third-order valence-corrected chi connectivity index (χ3v) is 3.81. The Hall–Kier alpha value is -1.36. The van der Waals surface area contributed by atoms with Gasteiger partial charge >= 0.3 is 0 Å².